The number of hydrogen-bond donors (Lipinski definition) is 2. The Bertz CT molecular complexity index is 1150. The van der Waals surface area contributed by atoms with Crippen molar-refractivity contribution < 1.29 is 28.3 Å². The highest BCUT2D eigenvalue weighted by molar-refractivity contribution is 6.05. The number of urea groups is 1. The van der Waals surface area contributed by atoms with Crippen molar-refractivity contribution in [3.05, 3.63) is 30.5 Å². The number of likely N-dealkylation sites (tertiary alicyclic amines) is 1. The zero-order valence-electron chi connectivity index (χ0n) is 21.4. The van der Waals surface area contributed by atoms with Crippen LogP contribution >= 0.6 is 0 Å². The minimum absolute atomic E-state index is 0.131. The summed E-state index contributed by atoms with van der Waals surface area (Å²) in [6.45, 7) is 8.80. The molecule has 0 bridgehead atoms. The Balaban J connectivity index is 1.80. The Kier molecular flexibility index (Phi) is 8.05. The standard InChI is InChI=1S/C26H35FN4O5/c1-6-15(2)18(23(33)36-26(3,4)5)12-22(32)21-11-16(27)13-31(21)25(35)29-19-14-30(24(28)34)20-10-8-7-9-17(19)20/h7-10,14-16,18,21H,6,11-13H2,1-5H3,(H2,28,34)(H,29,35)/t15-,16+,18-,21-/m0/s1. The van der Waals surface area contributed by atoms with E-state index in [1.807, 2.05) is 13.8 Å². The number of ether oxygens (including phenoxy) is 1. The lowest BCUT2D eigenvalue weighted by Crippen LogP contribution is -2.44. The number of esters is 1. The number of nitrogens with one attached hydrogen (secondary N) is 1. The van der Waals surface area contributed by atoms with Crippen molar-refractivity contribution in [3.8, 4) is 0 Å². The van der Waals surface area contributed by atoms with Crippen molar-refractivity contribution in [1.29, 1.82) is 0 Å². The van der Waals surface area contributed by atoms with Crippen molar-refractivity contribution >= 4 is 40.4 Å². The lowest BCUT2D eigenvalue weighted by molar-refractivity contribution is -0.163. The third-order valence-electron chi connectivity index (χ3n) is 6.54. The summed E-state index contributed by atoms with van der Waals surface area (Å²) in [7, 11) is 0. The van der Waals surface area contributed by atoms with Gasteiger partial charge in [0.05, 0.1) is 29.7 Å². The molecule has 1 aromatic carbocycles. The highest BCUT2D eigenvalue weighted by Gasteiger charge is 2.42. The first kappa shape index (κ1) is 27.2. The van der Waals surface area contributed by atoms with Crippen LogP contribution < -0.4 is 11.1 Å². The topological polar surface area (TPSA) is 124 Å². The van der Waals surface area contributed by atoms with Crippen LogP contribution in [0, 0.1) is 11.8 Å². The van der Waals surface area contributed by atoms with Crippen LogP contribution in [0.25, 0.3) is 10.9 Å². The fourth-order valence-electron chi connectivity index (χ4n) is 4.49. The number of benzene rings is 1. The maximum Gasteiger partial charge on any atom is 0.323 e. The molecule has 1 aromatic heterocycles. The van der Waals surface area contributed by atoms with Crippen molar-refractivity contribution in [3.63, 3.8) is 0 Å². The second-order valence-corrected chi connectivity index (χ2v) is 10.4. The number of fused-ring (bicyclic) bond motifs is 1. The van der Waals surface area contributed by atoms with Gasteiger partial charge in [0, 0.05) is 24.4 Å². The number of alkyl halides is 1. The minimum Gasteiger partial charge on any atom is -0.460 e. The summed E-state index contributed by atoms with van der Waals surface area (Å²) < 4.78 is 21.2. The summed E-state index contributed by atoms with van der Waals surface area (Å²) >= 11 is 0. The molecular weight excluding hydrogens is 467 g/mol. The van der Waals surface area contributed by atoms with E-state index in [0.29, 0.717) is 23.0 Å². The summed E-state index contributed by atoms with van der Waals surface area (Å²) in [5, 5.41) is 3.27. The van der Waals surface area contributed by atoms with Gasteiger partial charge in [-0.25, -0.2) is 14.0 Å². The monoisotopic (exact) mass is 502 g/mol. The molecule has 3 amide bonds. The number of primary amides is 1. The molecular formula is C26H35FN4O5. The highest BCUT2D eigenvalue weighted by Crippen LogP contribution is 2.30. The smallest absolute Gasteiger partial charge is 0.323 e. The maximum absolute atomic E-state index is 14.5. The number of anilines is 1. The van der Waals surface area contributed by atoms with Crippen LogP contribution in [-0.4, -0.2) is 57.6 Å². The van der Waals surface area contributed by atoms with Crippen molar-refractivity contribution in [2.75, 3.05) is 11.9 Å². The minimum atomic E-state index is -1.37. The number of carbonyl (C=O) groups excluding carboxylic acids is 4. The largest absolute Gasteiger partial charge is 0.460 e. The molecule has 0 saturated carbocycles. The van der Waals surface area contributed by atoms with Crippen LogP contribution in [0.1, 0.15) is 53.9 Å². The van der Waals surface area contributed by atoms with E-state index < -0.39 is 41.8 Å². The summed E-state index contributed by atoms with van der Waals surface area (Å²) in [6.07, 6.45) is 0.386. The number of Topliss-reactive ketones (excluding diaryl/α,β-unsaturated/α-hetero) is 1. The van der Waals surface area contributed by atoms with E-state index in [1.165, 1.54) is 10.8 Å². The van der Waals surface area contributed by atoms with Crippen molar-refractivity contribution in [2.24, 2.45) is 17.6 Å². The van der Waals surface area contributed by atoms with Gasteiger partial charge in [-0.2, -0.15) is 0 Å². The first-order valence-corrected chi connectivity index (χ1v) is 12.2. The Morgan fingerprint density at radius 2 is 1.89 bits per heavy atom. The molecule has 2 aromatic rings. The van der Waals surface area contributed by atoms with Crippen LogP contribution in [0.4, 0.5) is 19.7 Å². The SMILES string of the molecule is CC[C@H](C)[C@H](CC(=O)[C@@H]1C[C@@H](F)CN1C(=O)Nc1cn(C(N)=O)c2ccccc12)C(=O)OC(C)(C)C. The van der Waals surface area contributed by atoms with Crippen LogP contribution in [0.3, 0.4) is 0 Å². The fourth-order valence-corrected chi connectivity index (χ4v) is 4.49. The predicted octanol–water partition coefficient (Wildman–Crippen LogP) is 4.48. The molecule has 0 unspecified atom stereocenters. The third-order valence-corrected chi connectivity index (χ3v) is 6.54. The van der Waals surface area contributed by atoms with Crippen LogP contribution in [0.2, 0.25) is 0 Å². The number of halogens is 1. The fraction of sp³-hybridized carbons (Fsp3) is 0.538. The number of aromatic nitrogens is 1. The first-order valence-electron chi connectivity index (χ1n) is 12.2. The van der Waals surface area contributed by atoms with Crippen LogP contribution in [0.15, 0.2) is 30.5 Å². The van der Waals surface area contributed by atoms with E-state index in [2.05, 4.69) is 5.32 Å². The first-order chi connectivity index (χ1) is 16.8. The normalized spacial score (nSPS) is 19.7. The van der Waals surface area contributed by atoms with Crippen molar-refractivity contribution in [1.82, 2.24) is 9.47 Å². The van der Waals surface area contributed by atoms with Gasteiger partial charge in [0.2, 0.25) is 0 Å². The Morgan fingerprint density at radius 3 is 2.50 bits per heavy atom. The number of carbonyl (C=O) groups is 4. The maximum atomic E-state index is 14.5. The molecule has 0 aliphatic carbocycles. The Morgan fingerprint density at radius 1 is 1.22 bits per heavy atom. The molecule has 1 aliphatic heterocycles. The molecule has 3 N–H and O–H groups in total. The quantitative estimate of drug-likeness (QED) is 0.541. The van der Waals surface area contributed by atoms with E-state index >= 15 is 0 Å². The average Bonchev–Trinajstić information content (AvgIpc) is 3.36. The molecule has 10 heteroatoms. The Labute approximate surface area is 210 Å². The van der Waals surface area contributed by atoms with Gasteiger partial charge < -0.3 is 20.7 Å². The second-order valence-electron chi connectivity index (χ2n) is 10.4. The number of rotatable bonds is 7. The zero-order chi connectivity index (χ0) is 26.8. The van der Waals surface area contributed by atoms with E-state index in [4.69, 9.17) is 10.5 Å². The molecule has 2 heterocycles. The van der Waals surface area contributed by atoms with E-state index in [9.17, 15) is 23.6 Å². The second kappa shape index (κ2) is 10.7. The number of nitrogens with zero attached hydrogens (tertiary/aromatic N) is 2. The van der Waals surface area contributed by atoms with Gasteiger partial charge in [-0.3, -0.25) is 14.2 Å². The van der Waals surface area contributed by atoms with Gasteiger partial charge in [-0.05, 0) is 32.8 Å². The van der Waals surface area contributed by atoms with Gasteiger partial charge in [-0.15, -0.1) is 0 Å². The van der Waals surface area contributed by atoms with Gasteiger partial charge in [-0.1, -0.05) is 38.5 Å². The average molecular weight is 503 g/mol. The molecule has 36 heavy (non-hydrogen) atoms. The summed E-state index contributed by atoms with van der Waals surface area (Å²) in [6, 6.07) is 4.47. The van der Waals surface area contributed by atoms with Gasteiger partial charge in [0.1, 0.15) is 11.8 Å². The molecule has 0 radical (unpaired) electrons. The predicted molar refractivity (Wildman–Crippen MR) is 134 cm³/mol. The third kappa shape index (κ3) is 6.03. The van der Waals surface area contributed by atoms with Gasteiger partial charge in [0.15, 0.2) is 5.78 Å². The lowest BCUT2D eigenvalue weighted by Gasteiger charge is -2.29. The molecule has 1 saturated heterocycles. The van der Waals surface area contributed by atoms with Gasteiger partial charge >= 0.3 is 18.0 Å². The molecule has 9 nitrogen and oxygen atoms in total. The summed E-state index contributed by atoms with van der Waals surface area (Å²) in [5.41, 5.74) is 5.55. The number of amides is 3. The van der Waals surface area contributed by atoms with Crippen LogP contribution in [0.5, 0.6) is 0 Å². The molecule has 4 atom stereocenters. The van der Waals surface area contributed by atoms with Gasteiger partial charge in [0.25, 0.3) is 0 Å². The highest BCUT2D eigenvalue weighted by atomic mass is 19.1. The summed E-state index contributed by atoms with van der Waals surface area (Å²) in [4.78, 5) is 52.3. The number of hydrogen-bond acceptors (Lipinski definition) is 5. The number of ketones is 1. The molecule has 1 aliphatic rings. The zero-order valence-corrected chi connectivity index (χ0v) is 21.4. The lowest BCUT2D eigenvalue weighted by atomic mass is 9.85. The van der Waals surface area contributed by atoms with E-state index in [1.54, 1.807) is 45.0 Å². The molecule has 3 rings (SSSR count). The van der Waals surface area contributed by atoms with Crippen LogP contribution in [-0.2, 0) is 14.3 Å². The van der Waals surface area contributed by atoms with E-state index in [-0.39, 0.29) is 31.1 Å². The molecule has 196 valence electrons. The number of nitrogens with two attached hydrogens (primary N) is 1. The van der Waals surface area contributed by atoms with E-state index in [0.717, 1.165) is 4.90 Å². The van der Waals surface area contributed by atoms with Crippen molar-refractivity contribution in [2.45, 2.75) is 71.7 Å². The molecule has 1 fully saturated rings. The summed E-state index contributed by atoms with van der Waals surface area (Å²) in [5.74, 6) is -1.69. The molecule has 0 spiro atoms. The number of para-hydroxylation sites is 1. The Hall–Kier alpha value is -3.43.